The van der Waals surface area contributed by atoms with Crippen LogP contribution in [0.1, 0.15) is 44.6 Å². The van der Waals surface area contributed by atoms with Gasteiger partial charge in [-0.15, -0.1) is 0 Å². The zero-order valence-electron chi connectivity index (χ0n) is 15.4. The van der Waals surface area contributed by atoms with E-state index in [1.807, 2.05) is 18.2 Å². The third kappa shape index (κ3) is 4.56. The summed E-state index contributed by atoms with van der Waals surface area (Å²) in [5.41, 5.74) is 9.80. The minimum Gasteiger partial charge on any atom is -0.397 e. The molecule has 1 heterocycles. The number of likely N-dealkylation sites (tertiary alicyclic amines) is 1. The van der Waals surface area contributed by atoms with Crippen molar-refractivity contribution in [1.82, 2.24) is 10.2 Å². The van der Waals surface area contributed by atoms with Crippen LogP contribution >= 0.6 is 0 Å². The summed E-state index contributed by atoms with van der Waals surface area (Å²) < 4.78 is 0. The Morgan fingerprint density at radius 1 is 1.31 bits per heavy atom. The third-order valence-electron chi connectivity index (χ3n) is 5.17. The Kier molecular flexibility index (Phi) is 5.81. The molecule has 0 spiro atoms. The molecule has 4 N–H and O–H groups in total. The second-order valence-electron chi connectivity index (χ2n) is 7.25. The van der Waals surface area contributed by atoms with Crippen LogP contribution in [0.3, 0.4) is 0 Å². The van der Waals surface area contributed by atoms with Crippen molar-refractivity contribution in [1.29, 1.82) is 0 Å². The molecule has 1 aliphatic carbocycles. The van der Waals surface area contributed by atoms with Crippen molar-refractivity contribution < 1.29 is 9.59 Å². The van der Waals surface area contributed by atoms with Crippen molar-refractivity contribution in [3.05, 3.63) is 29.8 Å². The number of nitrogens with two attached hydrogens (primary N) is 1. The van der Waals surface area contributed by atoms with Crippen molar-refractivity contribution in [2.24, 2.45) is 5.92 Å². The predicted molar refractivity (Wildman–Crippen MR) is 105 cm³/mol. The number of hydrogen-bond acceptors (Lipinski definition) is 3. The lowest BCUT2D eigenvalue weighted by atomic mass is 9.93. The van der Waals surface area contributed by atoms with E-state index < -0.39 is 0 Å². The van der Waals surface area contributed by atoms with Gasteiger partial charge in [-0.05, 0) is 61.3 Å². The van der Waals surface area contributed by atoms with Crippen molar-refractivity contribution in [3.63, 3.8) is 0 Å². The van der Waals surface area contributed by atoms with Gasteiger partial charge in [0.25, 0.3) is 0 Å². The van der Waals surface area contributed by atoms with Gasteiger partial charge in [0.15, 0.2) is 0 Å². The molecule has 1 fully saturated rings. The lowest BCUT2D eigenvalue weighted by Crippen LogP contribution is -2.35. The van der Waals surface area contributed by atoms with Gasteiger partial charge in [-0.25, -0.2) is 4.79 Å². The van der Waals surface area contributed by atoms with Gasteiger partial charge in [0, 0.05) is 26.6 Å². The fourth-order valence-electron chi connectivity index (χ4n) is 3.63. The molecule has 26 heavy (non-hydrogen) atoms. The molecular formula is C20H28N4O2. The van der Waals surface area contributed by atoms with Gasteiger partial charge in [0.1, 0.15) is 0 Å². The largest absolute Gasteiger partial charge is 0.397 e. The van der Waals surface area contributed by atoms with E-state index in [2.05, 4.69) is 16.7 Å². The van der Waals surface area contributed by atoms with E-state index in [1.54, 1.807) is 4.90 Å². The molecule has 3 amide bonds. The minimum absolute atomic E-state index is 0.0329. The number of rotatable bonds is 4. The number of carbonyl (C=O) groups is 2. The number of nitrogen functional groups attached to an aromatic ring is 1. The molecule has 2 aliphatic rings. The van der Waals surface area contributed by atoms with Gasteiger partial charge in [-0.1, -0.05) is 12.1 Å². The number of amides is 3. The van der Waals surface area contributed by atoms with E-state index in [0.717, 1.165) is 24.8 Å². The minimum atomic E-state index is -0.128. The van der Waals surface area contributed by atoms with Crippen LogP contribution < -0.4 is 16.4 Å². The van der Waals surface area contributed by atoms with Crippen molar-refractivity contribution >= 4 is 28.9 Å². The van der Waals surface area contributed by atoms with Crippen LogP contribution in [0.15, 0.2) is 24.3 Å². The summed E-state index contributed by atoms with van der Waals surface area (Å²) in [6, 6.07) is 5.75. The molecule has 1 aromatic rings. The molecule has 0 radical (unpaired) electrons. The average Bonchev–Trinajstić information content (AvgIpc) is 3.12. The summed E-state index contributed by atoms with van der Waals surface area (Å²) in [6.45, 7) is 3.47. The smallest absolute Gasteiger partial charge is 0.321 e. The molecule has 140 valence electrons. The molecule has 6 heteroatoms. The number of carbonyl (C=O) groups excluding carboxylic acids is 2. The van der Waals surface area contributed by atoms with Gasteiger partial charge in [0.05, 0.1) is 11.4 Å². The molecule has 1 atom stereocenters. The van der Waals surface area contributed by atoms with Crippen molar-refractivity contribution in [2.75, 3.05) is 30.7 Å². The zero-order chi connectivity index (χ0) is 18.5. The normalized spacial score (nSPS) is 19.8. The first-order valence-corrected chi connectivity index (χ1v) is 9.42. The fraction of sp³-hybridized carbons (Fsp3) is 0.500. The summed E-state index contributed by atoms with van der Waals surface area (Å²) in [5, 5.41) is 5.79. The Morgan fingerprint density at radius 2 is 2.15 bits per heavy atom. The SMILES string of the molecule is CC(=O)NCC1CCN(C(=O)Nc2cc(C3=CCCCC3)ccc2N)C1. The summed E-state index contributed by atoms with van der Waals surface area (Å²) >= 11 is 0. The first kappa shape index (κ1) is 18.3. The van der Waals surface area contributed by atoms with Gasteiger partial charge in [-0.3, -0.25) is 4.79 Å². The fourth-order valence-corrected chi connectivity index (χ4v) is 3.63. The molecule has 6 nitrogen and oxygen atoms in total. The Labute approximate surface area is 154 Å². The number of nitrogens with zero attached hydrogens (tertiary/aromatic N) is 1. The van der Waals surface area contributed by atoms with E-state index in [0.29, 0.717) is 36.9 Å². The first-order valence-electron chi connectivity index (χ1n) is 9.42. The number of hydrogen-bond donors (Lipinski definition) is 3. The van der Waals surface area contributed by atoms with Gasteiger partial charge < -0.3 is 21.3 Å². The van der Waals surface area contributed by atoms with Crippen LogP contribution in [-0.2, 0) is 4.79 Å². The van der Waals surface area contributed by atoms with E-state index >= 15 is 0 Å². The van der Waals surface area contributed by atoms with Gasteiger partial charge in [-0.2, -0.15) is 0 Å². The number of anilines is 2. The highest BCUT2D eigenvalue weighted by molar-refractivity contribution is 5.93. The molecule has 3 rings (SSSR count). The van der Waals surface area contributed by atoms with Crippen molar-refractivity contribution in [3.8, 4) is 0 Å². The van der Waals surface area contributed by atoms with Crippen LogP contribution in [0.5, 0.6) is 0 Å². The van der Waals surface area contributed by atoms with Crippen LogP contribution in [0, 0.1) is 5.92 Å². The molecule has 1 unspecified atom stereocenters. The van der Waals surface area contributed by atoms with Gasteiger partial charge in [0.2, 0.25) is 5.91 Å². The van der Waals surface area contributed by atoms with Gasteiger partial charge >= 0.3 is 6.03 Å². The van der Waals surface area contributed by atoms with Crippen LogP contribution in [0.4, 0.5) is 16.2 Å². The molecule has 1 aliphatic heterocycles. The molecule has 1 aromatic carbocycles. The Hall–Kier alpha value is -2.50. The lowest BCUT2D eigenvalue weighted by Gasteiger charge is -2.19. The van der Waals surface area contributed by atoms with Crippen LogP contribution in [-0.4, -0.2) is 36.5 Å². The Balaban J connectivity index is 1.62. The highest BCUT2D eigenvalue weighted by Crippen LogP contribution is 2.31. The van der Waals surface area contributed by atoms with Crippen LogP contribution in [0.25, 0.3) is 5.57 Å². The average molecular weight is 356 g/mol. The summed E-state index contributed by atoms with van der Waals surface area (Å²) in [6.07, 6.45) is 7.83. The maximum Gasteiger partial charge on any atom is 0.321 e. The molecule has 0 aromatic heterocycles. The quantitative estimate of drug-likeness (QED) is 0.724. The topological polar surface area (TPSA) is 87.5 Å². The van der Waals surface area contributed by atoms with E-state index in [1.165, 1.54) is 25.3 Å². The van der Waals surface area contributed by atoms with Crippen LogP contribution in [0.2, 0.25) is 0 Å². The Bertz CT molecular complexity index is 714. The summed E-state index contributed by atoms with van der Waals surface area (Å²) in [5.74, 6) is 0.273. The predicted octanol–water partition coefficient (Wildman–Crippen LogP) is 3.22. The second-order valence-corrected chi connectivity index (χ2v) is 7.25. The zero-order valence-corrected chi connectivity index (χ0v) is 15.4. The molecule has 0 bridgehead atoms. The van der Waals surface area contributed by atoms with E-state index in [9.17, 15) is 9.59 Å². The number of allylic oxidation sites excluding steroid dienone is 2. The Morgan fingerprint density at radius 3 is 2.88 bits per heavy atom. The maximum absolute atomic E-state index is 12.6. The summed E-state index contributed by atoms with van der Waals surface area (Å²) in [4.78, 5) is 25.4. The van der Waals surface area contributed by atoms with E-state index in [-0.39, 0.29) is 11.9 Å². The second kappa shape index (κ2) is 8.25. The highest BCUT2D eigenvalue weighted by atomic mass is 16.2. The summed E-state index contributed by atoms with van der Waals surface area (Å²) in [7, 11) is 0. The molecule has 0 saturated carbocycles. The highest BCUT2D eigenvalue weighted by Gasteiger charge is 2.26. The number of urea groups is 1. The van der Waals surface area contributed by atoms with E-state index in [4.69, 9.17) is 5.73 Å². The number of benzene rings is 1. The maximum atomic E-state index is 12.6. The molecular weight excluding hydrogens is 328 g/mol. The standard InChI is InChI=1S/C20H28N4O2/c1-14(25)22-12-15-9-10-24(13-15)20(26)23-19-11-17(7-8-18(19)21)16-5-3-2-4-6-16/h5,7-8,11,15H,2-4,6,9-10,12-13,21H2,1H3,(H,22,25)(H,23,26). The third-order valence-corrected chi connectivity index (χ3v) is 5.17. The molecule has 1 saturated heterocycles. The first-order chi connectivity index (χ1) is 12.5. The lowest BCUT2D eigenvalue weighted by molar-refractivity contribution is -0.119. The monoisotopic (exact) mass is 356 g/mol. The number of nitrogens with one attached hydrogen (secondary N) is 2. The van der Waals surface area contributed by atoms with Crippen molar-refractivity contribution in [2.45, 2.75) is 39.0 Å².